The Kier molecular flexibility index (Phi) is 2.86. The second-order valence-corrected chi connectivity index (χ2v) is 5.81. The molecule has 0 amide bonds. The first kappa shape index (κ1) is 11.7. The van der Waals surface area contributed by atoms with Gasteiger partial charge >= 0.3 is 0 Å². The van der Waals surface area contributed by atoms with Gasteiger partial charge in [0.15, 0.2) is 0 Å². The molecule has 0 nitrogen and oxygen atoms in total. The average molecular weight is 216 g/mol. The van der Waals surface area contributed by atoms with Crippen molar-refractivity contribution in [2.24, 2.45) is 11.8 Å². The molecule has 16 heavy (non-hydrogen) atoms. The molecule has 1 aliphatic rings. The summed E-state index contributed by atoms with van der Waals surface area (Å²) in [4.78, 5) is 0. The van der Waals surface area contributed by atoms with Crippen LogP contribution in [-0.4, -0.2) is 0 Å². The Morgan fingerprint density at radius 3 is 2.00 bits per heavy atom. The van der Waals surface area contributed by atoms with Crippen LogP contribution in [0.25, 0.3) is 0 Å². The summed E-state index contributed by atoms with van der Waals surface area (Å²) in [7, 11) is 0. The largest absolute Gasteiger partial charge is 0.0617 e. The quantitative estimate of drug-likeness (QED) is 0.584. The van der Waals surface area contributed by atoms with E-state index < -0.39 is 0 Å². The highest BCUT2D eigenvalue weighted by Gasteiger charge is 2.34. The zero-order valence-corrected chi connectivity index (χ0v) is 11.5. The van der Waals surface area contributed by atoms with Crippen LogP contribution < -0.4 is 0 Å². The second-order valence-electron chi connectivity index (χ2n) is 5.81. The van der Waals surface area contributed by atoms with Crippen molar-refractivity contribution in [1.82, 2.24) is 0 Å². The van der Waals surface area contributed by atoms with Crippen LogP contribution in [0.3, 0.4) is 0 Å². The van der Waals surface area contributed by atoms with Crippen molar-refractivity contribution in [2.45, 2.75) is 53.4 Å². The highest BCUT2D eigenvalue weighted by atomic mass is 14.4. The lowest BCUT2D eigenvalue weighted by Gasteiger charge is -2.40. The van der Waals surface area contributed by atoms with Crippen molar-refractivity contribution < 1.29 is 0 Å². The van der Waals surface area contributed by atoms with Gasteiger partial charge < -0.3 is 0 Å². The Balaban J connectivity index is 2.63. The molecule has 0 aromatic heterocycles. The Morgan fingerprint density at radius 2 is 1.38 bits per heavy atom. The van der Waals surface area contributed by atoms with Gasteiger partial charge in [-0.3, -0.25) is 0 Å². The van der Waals surface area contributed by atoms with E-state index in [-0.39, 0.29) is 0 Å². The molecule has 0 bridgehead atoms. The maximum atomic E-state index is 2.41. The van der Waals surface area contributed by atoms with E-state index in [4.69, 9.17) is 0 Å². The molecular weight excluding hydrogens is 192 g/mol. The van der Waals surface area contributed by atoms with Crippen LogP contribution >= 0.6 is 0 Å². The van der Waals surface area contributed by atoms with E-state index in [0.717, 1.165) is 11.8 Å². The molecule has 0 N–H and O–H groups in total. The summed E-state index contributed by atoms with van der Waals surface area (Å²) in [5.74, 6) is 3.01. The van der Waals surface area contributed by atoms with Crippen molar-refractivity contribution in [1.29, 1.82) is 0 Å². The lowest BCUT2D eigenvalue weighted by atomic mass is 9.65. The van der Waals surface area contributed by atoms with Crippen LogP contribution in [0.5, 0.6) is 0 Å². The number of hydrogen-bond acceptors (Lipinski definition) is 0. The predicted octanol–water partition coefficient (Wildman–Crippen LogP) is 4.80. The molecule has 4 unspecified atom stereocenters. The number of aryl methyl sites for hydroxylation is 1. The fraction of sp³-hybridized carbons (Fsp3) is 0.625. The second kappa shape index (κ2) is 3.91. The van der Waals surface area contributed by atoms with Crippen molar-refractivity contribution in [3.63, 3.8) is 0 Å². The van der Waals surface area contributed by atoms with Crippen LogP contribution in [0.4, 0.5) is 0 Å². The minimum Gasteiger partial charge on any atom is -0.0617 e. The molecule has 0 saturated carbocycles. The fourth-order valence-electron chi connectivity index (χ4n) is 3.32. The Morgan fingerprint density at radius 1 is 0.812 bits per heavy atom. The lowest BCUT2D eigenvalue weighted by Crippen LogP contribution is -2.28. The molecule has 0 heteroatoms. The van der Waals surface area contributed by atoms with Gasteiger partial charge in [0, 0.05) is 0 Å². The molecule has 0 radical (unpaired) electrons. The predicted molar refractivity (Wildman–Crippen MR) is 71.1 cm³/mol. The maximum absolute atomic E-state index is 2.41. The molecule has 1 aromatic carbocycles. The number of fused-ring (bicyclic) bond motifs is 1. The van der Waals surface area contributed by atoms with Crippen LogP contribution in [-0.2, 0) is 0 Å². The SMILES string of the molecule is Cc1ccc2c(c1C)C(C)C(C)C(C)C2C. The number of rotatable bonds is 0. The summed E-state index contributed by atoms with van der Waals surface area (Å²) in [5, 5.41) is 0. The Bertz CT molecular complexity index is 403. The highest BCUT2D eigenvalue weighted by molar-refractivity contribution is 5.45. The van der Waals surface area contributed by atoms with E-state index in [1.54, 1.807) is 11.1 Å². The van der Waals surface area contributed by atoms with Gasteiger partial charge in [0.25, 0.3) is 0 Å². The average Bonchev–Trinajstić information content (AvgIpc) is 2.27. The van der Waals surface area contributed by atoms with Crippen LogP contribution in [0.1, 0.15) is 61.8 Å². The van der Waals surface area contributed by atoms with Gasteiger partial charge in [0.1, 0.15) is 0 Å². The van der Waals surface area contributed by atoms with Gasteiger partial charge in [-0.25, -0.2) is 0 Å². The summed E-state index contributed by atoms with van der Waals surface area (Å²) < 4.78 is 0. The third-order valence-corrected chi connectivity index (χ3v) is 5.17. The minimum absolute atomic E-state index is 0.709. The van der Waals surface area contributed by atoms with Crippen molar-refractivity contribution >= 4 is 0 Å². The lowest BCUT2D eigenvalue weighted by molar-refractivity contribution is 0.272. The highest BCUT2D eigenvalue weighted by Crippen LogP contribution is 2.47. The molecule has 0 spiro atoms. The minimum atomic E-state index is 0.709. The summed E-state index contributed by atoms with van der Waals surface area (Å²) in [6.07, 6.45) is 0. The summed E-state index contributed by atoms with van der Waals surface area (Å²) in [5.41, 5.74) is 6.20. The van der Waals surface area contributed by atoms with E-state index >= 15 is 0 Å². The van der Waals surface area contributed by atoms with Gasteiger partial charge in [-0.15, -0.1) is 0 Å². The zero-order chi connectivity index (χ0) is 12.0. The molecule has 0 aliphatic heterocycles. The topological polar surface area (TPSA) is 0 Å². The van der Waals surface area contributed by atoms with Crippen molar-refractivity contribution in [3.05, 3.63) is 34.4 Å². The monoisotopic (exact) mass is 216 g/mol. The van der Waals surface area contributed by atoms with Gasteiger partial charge in [-0.2, -0.15) is 0 Å². The van der Waals surface area contributed by atoms with Crippen LogP contribution in [0.15, 0.2) is 12.1 Å². The molecule has 0 saturated heterocycles. The first-order chi connectivity index (χ1) is 7.45. The third-order valence-electron chi connectivity index (χ3n) is 5.17. The molecule has 0 heterocycles. The summed E-state index contributed by atoms with van der Waals surface area (Å²) >= 11 is 0. The normalized spacial score (nSPS) is 33.6. The first-order valence-electron chi connectivity index (χ1n) is 6.55. The van der Waals surface area contributed by atoms with E-state index in [2.05, 4.69) is 53.7 Å². The molecule has 1 aromatic rings. The fourth-order valence-corrected chi connectivity index (χ4v) is 3.32. The standard InChI is InChI=1S/C16H24/c1-9-7-8-15-13(5)11(3)12(4)14(6)16(15)10(9)2/h7-8,11-14H,1-6H3. The smallest absolute Gasteiger partial charge is 0.0156 e. The van der Waals surface area contributed by atoms with E-state index in [1.807, 2.05) is 0 Å². The van der Waals surface area contributed by atoms with Crippen LogP contribution in [0, 0.1) is 25.7 Å². The summed E-state index contributed by atoms with van der Waals surface area (Å²) in [6.45, 7) is 14.1. The molecule has 4 atom stereocenters. The van der Waals surface area contributed by atoms with Crippen LogP contribution in [0.2, 0.25) is 0 Å². The number of benzene rings is 1. The summed E-state index contributed by atoms with van der Waals surface area (Å²) in [6, 6.07) is 4.65. The molecular formula is C16H24. The van der Waals surface area contributed by atoms with E-state index in [0.29, 0.717) is 11.8 Å². The Labute approximate surface area is 100 Å². The third kappa shape index (κ3) is 1.50. The molecule has 1 aliphatic carbocycles. The zero-order valence-electron chi connectivity index (χ0n) is 11.5. The van der Waals surface area contributed by atoms with E-state index in [1.165, 1.54) is 11.1 Å². The first-order valence-corrected chi connectivity index (χ1v) is 6.55. The number of hydrogen-bond donors (Lipinski definition) is 0. The molecule has 88 valence electrons. The van der Waals surface area contributed by atoms with Gasteiger partial charge in [0.2, 0.25) is 0 Å². The maximum Gasteiger partial charge on any atom is -0.0156 e. The van der Waals surface area contributed by atoms with Gasteiger partial charge in [0.05, 0.1) is 0 Å². The van der Waals surface area contributed by atoms with Gasteiger partial charge in [-0.05, 0) is 59.8 Å². The van der Waals surface area contributed by atoms with Crippen molar-refractivity contribution in [3.8, 4) is 0 Å². The molecule has 2 rings (SSSR count). The van der Waals surface area contributed by atoms with Crippen molar-refractivity contribution in [2.75, 3.05) is 0 Å². The molecule has 0 fully saturated rings. The van der Waals surface area contributed by atoms with E-state index in [9.17, 15) is 0 Å². The Hall–Kier alpha value is -0.780. The van der Waals surface area contributed by atoms with Gasteiger partial charge in [-0.1, -0.05) is 39.8 Å².